The molecule has 3 aromatic rings. The zero-order valence-electron chi connectivity index (χ0n) is 11.6. The lowest BCUT2D eigenvalue weighted by Gasteiger charge is -2.18. The molecule has 0 unspecified atom stereocenters. The van der Waals surface area contributed by atoms with E-state index in [4.69, 9.17) is 5.26 Å². The molecule has 3 heterocycles. The Morgan fingerprint density at radius 2 is 2.09 bits per heavy atom. The van der Waals surface area contributed by atoms with Crippen LogP contribution in [0.2, 0.25) is 0 Å². The Labute approximate surface area is 127 Å². The van der Waals surface area contributed by atoms with Gasteiger partial charge in [0, 0.05) is 25.6 Å². The highest BCUT2D eigenvalue weighted by atomic mass is 32.2. The fourth-order valence-electron chi connectivity index (χ4n) is 1.98. The monoisotopic (exact) mass is 313 g/mol. The Hall–Kier alpha value is -2.92. The van der Waals surface area contributed by atoms with Crippen molar-refractivity contribution in [3.8, 4) is 6.07 Å². The molecule has 8 heteroatoms. The topological polar surface area (TPSA) is 91.4 Å². The Bertz CT molecular complexity index is 970. The summed E-state index contributed by atoms with van der Waals surface area (Å²) >= 11 is 0. The van der Waals surface area contributed by atoms with E-state index in [0.29, 0.717) is 11.1 Å². The summed E-state index contributed by atoms with van der Waals surface area (Å²) in [4.78, 5) is 4.15. The number of hydrogen-bond acceptors (Lipinski definition) is 5. The molecule has 7 nitrogen and oxygen atoms in total. The highest BCUT2D eigenvalue weighted by Crippen LogP contribution is 2.21. The van der Waals surface area contributed by atoms with E-state index in [9.17, 15) is 8.42 Å². The first-order chi connectivity index (χ1) is 10.5. The lowest BCUT2D eigenvalue weighted by molar-refractivity contribution is 0.594. The largest absolute Gasteiger partial charge is 0.265 e. The average Bonchev–Trinajstić information content (AvgIpc) is 3.01. The first kappa shape index (κ1) is 14.0. The number of anilines is 1. The first-order valence-electron chi connectivity index (χ1n) is 6.31. The summed E-state index contributed by atoms with van der Waals surface area (Å²) in [5.74, 6) is 0.243. The molecule has 0 saturated carbocycles. The third-order valence-electron chi connectivity index (χ3n) is 3.23. The van der Waals surface area contributed by atoms with Crippen molar-refractivity contribution in [2.45, 2.75) is 4.90 Å². The highest BCUT2D eigenvalue weighted by Gasteiger charge is 2.22. The summed E-state index contributed by atoms with van der Waals surface area (Å²) in [6.45, 7) is 0. The highest BCUT2D eigenvalue weighted by molar-refractivity contribution is 7.92. The van der Waals surface area contributed by atoms with Gasteiger partial charge in [-0.1, -0.05) is 0 Å². The maximum absolute atomic E-state index is 12.6. The second-order valence-electron chi connectivity index (χ2n) is 4.55. The number of aromatic nitrogens is 3. The van der Waals surface area contributed by atoms with Crippen LogP contribution in [-0.4, -0.2) is 30.1 Å². The maximum Gasteiger partial charge on any atom is 0.265 e. The normalized spacial score (nSPS) is 11.3. The van der Waals surface area contributed by atoms with Gasteiger partial charge < -0.3 is 0 Å². The molecule has 0 spiro atoms. The van der Waals surface area contributed by atoms with Crippen molar-refractivity contribution in [2.75, 3.05) is 11.4 Å². The van der Waals surface area contributed by atoms with E-state index in [0.717, 1.165) is 4.31 Å². The minimum atomic E-state index is -3.73. The number of nitriles is 1. The molecule has 3 aromatic heterocycles. The summed E-state index contributed by atoms with van der Waals surface area (Å²) in [6.07, 6.45) is 4.52. The van der Waals surface area contributed by atoms with Gasteiger partial charge in [-0.25, -0.2) is 17.9 Å². The van der Waals surface area contributed by atoms with Gasteiger partial charge in [0.25, 0.3) is 10.0 Å². The molecule has 22 heavy (non-hydrogen) atoms. The lowest BCUT2D eigenvalue weighted by atomic mass is 10.3. The van der Waals surface area contributed by atoms with Crippen molar-refractivity contribution in [1.82, 2.24) is 14.6 Å². The minimum Gasteiger partial charge on any atom is -0.253 e. The number of nitrogens with zero attached hydrogens (tertiary/aromatic N) is 5. The van der Waals surface area contributed by atoms with E-state index in [1.807, 2.05) is 6.07 Å². The Kier molecular flexibility index (Phi) is 3.27. The zero-order chi connectivity index (χ0) is 15.7. The van der Waals surface area contributed by atoms with Gasteiger partial charge in [0.1, 0.15) is 11.9 Å². The van der Waals surface area contributed by atoms with E-state index in [1.165, 1.54) is 31.4 Å². The van der Waals surface area contributed by atoms with E-state index in [2.05, 4.69) is 10.1 Å². The summed E-state index contributed by atoms with van der Waals surface area (Å²) < 4.78 is 27.9. The molecule has 0 aromatic carbocycles. The predicted molar refractivity (Wildman–Crippen MR) is 79.7 cm³/mol. The minimum absolute atomic E-state index is 0.147. The standard InChI is InChI=1S/C14H11N5O2S/c1-18(14-3-2-11(9-15)10-16-14)22(20,21)13-5-7-19-12(8-13)4-6-17-19/h2-8,10H,1H3. The fourth-order valence-corrected chi connectivity index (χ4v) is 3.15. The number of rotatable bonds is 3. The Morgan fingerprint density at radius 1 is 1.27 bits per heavy atom. The molecule has 0 aliphatic heterocycles. The average molecular weight is 313 g/mol. The van der Waals surface area contributed by atoms with Crippen molar-refractivity contribution in [1.29, 1.82) is 5.26 Å². The molecule has 0 aliphatic rings. The first-order valence-corrected chi connectivity index (χ1v) is 7.75. The zero-order valence-corrected chi connectivity index (χ0v) is 12.4. The van der Waals surface area contributed by atoms with Gasteiger partial charge in [-0.05, 0) is 30.3 Å². The number of hydrogen-bond donors (Lipinski definition) is 0. The molecule has 0 radical (unpaired) electrons. The van der Waals surface area contributed by atoms with Gasteiger partial charge in [0.15, 0.2) is 0 Å². The second kappa shape index (κ2) is 5.13. The van der Waals surface area contributed by atoms with Crippen LogP contribution in [0.5, 0.6) is 0 Å². The molecule has 0 aliphatic carbocycles. The van der Waals surface area contributed by atoms with Crippen LogP contribution < -0.4 is 4.31 Å². The van der Waals surface area contributed by atoms with Gasteiger partial charge in [0.2, 0.25) is 0 Å². The van der Waals surface area contributed by atoms with Crippen molar-refractivity contribution >= 4 is 21.4 Å². The van der Waals surface area contributed by atoms with Crippen LogP contribution in [-0.2, 0) is 10.0 Å². The van der Waals surface area contributed by atoms with Crippen LogP contribution in [0.15, 0.2) is 53.8 Å². The molecule has 0 saturated heterocycles. The van der Waals surface area contributed by atoms with Crippen LogP contribution >= 0.6 is 0 Å². The Morgan fingerprint density at radius 3 is 2.77 bits per heavy atom. The summed E-state index contributed by atoms with van der Waals surface area (Å²) in [7, 11) is -2.31. The van der Waals surface area contributed by atoms with Crippen molar-refractivity contribution in [2.24, 2.45) is 0 Å². The smallest absolute Gasteiger partial charge is 0.253 e. The molecule has 3 rings (SSSR count). The molecular weight excluding hydrogens is 302 g/mol. The van der Waals surface area contributed by atoms with E-state index in [1.54, 1.807) is 29.0 Å². The van der Waals surface area contributed by atoms with E-state index < -0.39 is 10.0 Å². The number of pyridine rings is 2. The number of fused-ring (bicyclic) bond motifs is 1. The molecule has 110 valence electrons. The molecule has 0 atom stereocenters. The van der Waals surface area contributed by atoms with Gasteiger partial charge in [-0.3, -0.25) is 4.31 Å². The predicted octanol–water partition coefficient (Wildman–Crippen LogP) is 1.43. The maximum atomic E-state index is 12.6. The summed E-state index contributed by atoms with van der Waals surface area (Å²) in [5.41, 5.74) is 1.05. The Balaban J connectivity index is 2.01. The van der Waals surface area contributed by atoms with Crippen molar-refractivity contribution < 1.29 is 8.42 Å². The summed E-state index contributed by atoms with van der Waals surface area (Å²) in [5, 5.41) is 12.8. The molecule has 0 N–H and O–H groups in total. The number of sulfonamides is 1. The van der Waals surface area contributed by atoms with E-state index >= 15 is 0 Å². The van der Waals surface area contributed by atoms with Crippen LogP contribution in [0.4, 0.5) is 5.82 Å². The summed E-state index contributed by atoms with van der Waals surface area (Å²) in [6, 6.07) is 9.70. The van der Waals surface area contributed by atoms with Crippen LogP contribution in [0, 0.1) is 11.3 Å². The molecule has 0 amide bonds. The molecule has 0 bridgehead atoms. The lowest BCUT2D eigenvalue weighted by Crippen LogP contribution is -2.27. The van der Waals surface area contributed by atoms with Gasteiger partial charge >= 0.3 is 0 Å². The van der Waals surface area contributed by atoms with Crippen molar-refractivity contribution in [3.05, 3.63) is 54.5 Å². The second-order valence-corrected chi connectivity index (χ2v) is 6.52. The van der Waals surface area contributed by atoms with Gasteiger partial charge in [-0.2, -0.15) is 10.4 Å². The molecular formula is C14H11N5O2S. The van der Waals surface area contributed by atoms with E-state index in [-0.39, 0.29) is 10.7 Å². The van der Waals surface area contributed by atoms with Gasteiger partial charge in [0.05, 0.1) is 16.0 Å². The van der Waals surface area contributed by atoms with Crippen LogP contribution in [0.25, 0.3) is 5.52 Å². The third-order valence-corrected chi connectivity index (χ3v) is 4.99. The third kappa shape index (κ3) is 2.27. The SMILES string of the molecule is CN(c1ccc(C#N)cn1)S(=O)(=O)c1ccn2nccc2c1. The fraction of sp³-hybridized carbons (Fsp3) is 0.0714. The van der Waals surface area contributed by atoms with Gasteiger partial charge in [-0.15, -0.1) is 0 Å². The van der Waals surface area contributed by atoms with Crippen LogP contribution in [0.3, 0.4) is 0 Å². The quantitative estimate of drug-likeness (QED) is 0.729. The van der Waals surface area contributed by atoms with Crippen LogP contribution in [0.1, 0.15) is 5.56 Å². The van der Waals surface area contributed by atoms with Crippen molar-refractivity contribution in [3.63, 3.8) is 0 Å². The molecule has 0 fully saturated rings.